The summed E-state index contributed by atoms with van der Waals surface area (Å²) in [6, 6.07) is 0. The maximum atomic E-state index is 15.4. The lowest BCUT2D eigenvalue weighted by atomic mass is 9.33. The minimum absolute atomic E-state index is 0.0767. The highest BCUT2D eigenvalue weighted by molar-refractivity contribution is 5.80. The largest absolute Gasteiger partial charge is 0.432 e. The van der Waals surface area contributed by atoms with Crippen molar-refractivity contribution in [2.75, 3.05) is 46.2 Å². The topological polar surface area (TPSA) is 453 Å². The van der Waals surface area contributed by atoms with Gasteiger partial charge in [0.2, 0.25) is 6.29 Å². The minimum Gasteiger partial charge on any atom is -0.432 e. The zero-order valence-corrected chi connectivity index (χ0v) is 48.8. The molecule has 0 aromatic rings. The van der Waals surface area contributed by atoms with Crippen LogP contribution in [0.1, 0.15) is 92.9 Å². The highest BCUT2D eigenvalue weighted by Crippen LogP contribution is 2.76. The summed E-state index contributed by atoms with van der Waals surface area (Å²) in [5.41, 5.74) is -6.87. The Hall–Kier alpha value is -1.83. The van der Waals surface area contributed by atoms with Gasteiger partial charge in [0, 0.05) is 5.41 Å². The maximum absolute atomic E-state index is 15.4. The first-order valence-electron chi connectivity index (χ1n) is 29.9. The highest BCUT2D eigenvalue weighted by Gasteiger charge is 2.74. The van der Waals surface area contributed by atoms with E-state index in [1.54, 1.807) is 0 Å². The van der Waals surface area contributed by atoms with E-state index >= 15 is 4.79 Å². The van der Waals surface area contributed by atoms with E-state index in [2.05, 4.69) is 33.8 Å². The van der Waals surface area contributed by atoms with Gasteiger partial charge in [0.05, 0.1) is 70.7 Å². The van der Waals surface area contributed by atoms with Gasteiger partial charge in [-0.3, -0.25) is 4.79 Å². The van der Waals surface area contributed by atoms with E-state index < -0.39 is 238 Å². The van der Waals surface area contributed by atoms with Crippen LogP contribution in [0, 0.1) is 50.2 Å². The van der Waals surface area contributed by atoms with Crippen LogP contribution in [0.3, 0.4) is 0 Å². The molecule has 0 unspecified atom stereocenters. The van der Waals surface area contributed by atoms with Gasteiger partial charge in [0.15, 0.2) is 31.3 Å². The Morgan fingerprint density at radius 1 is 0.600 bits per heavy atom. The molecule has 5 aliphatic heterocycles. The molecule has 0 radical (unpaired) electrons. The summed E-state index contributed by atoms with van der Waals surface area (Å²) in [4.78, 5) is 15.4. The molecule has 0 aromatic carbocycles. The Labute approximate surface area is 491 Å². The Morgan fingerprint density at radius 2 is 1.24 bits per heavy atom. The van der Waals surface area contributed by atoms with E-state index in [1.807, 2.05) is 6.92 Å². The number of esters is 1. The van der Waals surface area contributed by atoms with E-state index in [-0.39, 0.29) is 30.6 Å². The molecule has 9 fully saturated rings. The fraction of sp³-hybridized carbons (Fsp3) is 0.947. The summed E-state index contributed by atoms with van der Waals surface area (Å²) in [5.74, 6) is -2.25. The van der Waals surface area contributed by atoms with E-state index in [0.717, 1.165) is 5.57 Å². The first-order valence-corrected chi connectivity index (χ1v) is 29.9. The van der Waals surface area contributed by atoms with Gasteiger partial charge in [-0.1, -0.05) is 46.3 Å². The monoisotopic (exact) mass is 1220 g/mol. The number of carbonyl (C=O) groups excluding carboxylic acids is 1. The van der Waals surface area contributed by atoms with Crippen molar-refractivity contribution in [3.05, 3.63) is 11.6 Å². The summed E-state index contributed by atoms with van der Waals surface area (Å²) in [7, 11) is 0. The molecule has 5 heterocycles. The lowest BCUT2D eigenvalue weighted by Crippen LogP contribution is -2.71. The predicted molar refractivity (Wildman–Crippen MR) is 282 cm³/mol. The van der Waals surface area contributed by atoms with Crippen LogP contribution in [-0.2, 0) is 52.2 Å². The van der Waals surface area contributed by atoms with Gasteiger partial charge >= 0.3 is 5.97 Å². The van der Waals surface area contributed by atoms with E-state index in [4.69, 9.17) is 47.4 Å². The Bertz CT molecular complexity index is 2380. The predicted octanol–water partition coefficient (Wildman–Crippen LogP) is -5.38. The van der Waals surface area contributed by atoms with Gasteiger partial charge < -0.3 is 134 Å². The van der Waals surface area contributed by atoms with Gasteiger partial charge in [-0.05, 0) is 97.7 Å². The average molecular weight is 1230 g/mol. The quantitative estimate of drug-likeness (QED) is 0.0439. The molecule has 0 bridgehead atoms. The van der Waals surface area contributed by atoms with E-state index in [0.29, 0.717) is 32.1 Å². The van der Waals surface area contributed by atoms with Crippen molar-refractivity contribution in [2.45, 2.75) is 240 Å². The average Bonchev–Trinajstić information content (AvgIpc) is 0.951. The van der Waals surface area contributed by atoms with Crippen LogP contribution in [0.4, 0.5) is 0 Å². The molecule has 10 rings (SSSR count). The molecule has 5 aliphatic carbocycles. The standard InChI is InChI=1S/C57H92O28/c1-23-40(81-45-39(72)41(28(64)18-76-45)82-49-43(73)56(75,21-61)22-78-49)36(69)38(71)46(79-23)83-42-33(66)27(63)17-77-48(42)85-50(74)57-12-11-51(2,3)13-25(57)24-7-8-30-52(4)14-26(62)44(84-47-37(70)35(68)34(67)29(16-58)80-47)55(19-59,20-60)31(52)9-10-53(30,5)54(24,6)15-32(57)65/h7,23,25-49,58-73,75H,8-22H2,1-6H3/t23-,25-,26-,27-,28+,29+,30+,31+,32+,33-,34+,35-,36-,37+,38+,39+,40-,41-,42+,43-,44-,45-,46-,47-,48-,49-,52+,53+,54+,56+,57+/m0/s1. The second-order valence-electron chi connectivity index (χ2n) is 27.9. The normalized spacial score (nSPS) is 54.0. The molecular formula is C57H92O28. The summed E-state index contributed by atoms with van der Waals surface area (Å²) in [6.45, 7) is 7.41. The minimum atomic E-state index is -2.08. The van der Waals surface area contributed by atoms with Crippen molar-refractivity contribution in [2.24, 2.45) is 50.2 Å². The second kappa shape index (κ2) is 24.0. The number of rotatable bonds is 14. The maximum Gasteiger partial charge on any atom is 0.317 e. The first kappa shape index (κ1) is 66.1. The van der Waals surface area contributed by atoms with Crippen LogP contribution in [0.2, 0.25) is 0 Å². The molecule has 85 heavy (non-hydrogen) atoms. The molecule has 488 valence electrons. The van der Waals surface area contributed by atoms with Crippen LogP contribution >= 0.6 is 0 Å². The fourth-order valence-corrected chi connectivity index (χ4v) is 17.4. The zero-order chi connectivity index (χ0) is 62.1. The second-order valence-corrected chi connectivity index (χ2v) is 27.9. The lowest BCUT2D eigenvalue weighted by Gasteiger charge is -2.72. The van der Waals surface area contributed by atoms with Crippen molar-refractivity contribution in [3.8, 4) is 0 Å². The number of ether oxygens (including phenoxy) is 10. The molecule has 17 N–H and O–H groups in total. The molecule has 10 aliphatic rings. The molecule has 0 aromatic heterocycles. The van der Waals surface area contributed by atoms with E-state index in [9.17, 15) is 86.8 Å². The van der Waals surface area contributed by atoms with Crippen LogP contribution in [-0.4, -0.2) is 286 Å². The van der Waals surface area contributed by atoms with Crippen molar-refractivity contribution in [1.29, 1.82) is 0 Å². The SMILES string of the molecule is C[C@@H]1O[C@@H](O[C@H]2[C@H](OC(=O)[C@]34CCC(C)(C)C[C@H]3C3=CC[C@@H]5[C@@]6(C)C[C@H](O)[C@H](O[C@@H]7O[C@H](CO)[C@@H](O)[C@H](O)[C@H]7O)C(CO)(CO)[C@@H]6CC[C@@]5(C)[C@]3(C)C[C@H]4O)OC[C@H](O)[C@@H]2O)[C@H](O)[C@H](O)[C@H]1O[C@@H]1OC[C@@H](O)[C@H](O[C@@H]2OC[C@](O)(CO)[C@H]2O)[C@H]1O. The Balaban J connectivity index is 0.864. The number of aliphatic hydroxyl groups is 17. The van der Waals surface area contributed by atoms with Gasteiger partial charge in [-0.25, -0.2) is 0 Å². The number of aliphatic hydroxyl groups excluding tert-OH is 16. The lowest BCUT2D eigenvalue weighted by molar-refractivity contribution is -0.372. The van der Waals surface area contributed by atoms with Crippen LogP contribution in [0.15, 0.2) is 11.6 Å². The van der Waals surface area contributed by atoms with Gasteiger partial charge in [-0.15, -0.1) is 0 Å². The fourth-order valence-electron chi connectivity index (χ4n) is 17.4. The van der Waals surface area contributed by atoms with Crippen molar-refractivity contribution >= 4 is 5.97 Å². The molecular weight excluding hydrogens is 1130 g/mol. The molecule has 5 saturated heterocycles. The summed E-state index contributed by atoms with van der Waals surface area (Å²) in [5, 5.41) is 188. The number of allylic oxidation sites excluding steroid dienone is 2. The Morgan fingerprint density at radius 3 is 1.89 bits per heavy atom. The zero-order valence-electron chi connectivity index (χ0n) is 48.8. The van der Waals surface area contributed by atoms with Crippen LogP contribution in [0.5, 0.6) is 0 Å². The molecule has 28 heteroatoms. The van der Waals surface area contributed by atoms with E-state index in [1.165, 1.54) is 6.92 Å². The molecule has 4 saturated carbocycles. The van der Waals surface area contributed by atoms with Crippen molar-refractivity contribution in [1.82, 2.24) is 0 Å². The molecule has 0 amide bonds. The van der Waals surface area contributed by atoms with Gasteiger partial charge in [0.25, 0.3) is 0 Å². The Kier molecular flexibility index (Phi) is 18.7. The van der Waals surface area contributed by atoms with Crippen LogP contribution in [0.25, 0.3) is 0 Å². The smallest absolute Gasteiger partial charge is 0.317 e. The van der Waals surface area contributed by atoms with Crippen molar-refractivity contribution < 1.29 is 139 Å². The van der Waals surface area contributed by atoms with Crippen molar-refractivity contribution in [3.63, 3.8) is 0 Å². The third-order valence-electron chi connectivity index (χ3n) is 22.6. The third-order valence-corrected chi connectivity index (χ3v) is 22.6. The number of fused-ring (bicyclic) bond motifs is 7. The number of carbonyl (C=O) groups is 1. The molecule has 31 atom stereocenters. The number of hydrogen-bond donors (Lipinski definition) is 17. The van der Waals surface area contributed by atoms with Gasteiger partial charge in [0.1, 0.15) is 90.4 Å². The third kappa shape index (κ3) is 10.6. The summed E-state index contributed by atoms with van der Waals surface area (Å²) < 4.78 is 58.5. The van der Waals surface area contributed by atoms with Gasteiger partial charge in [-0.2, -0.15) is 0 Å². The highest BCUT2D eigenvalue weighted by atomic mass is 16.8. The number of hydrogen-bond acceptors (Lipinski definition) is 28. The molecule has 0 spiro atoms. The first-order chi connectivity index (χ1) is 39.9. The van der Waals surface area contributed by atoms with Crippen LogP contribution < -0.4 is 0 Å². The summed E-state index contributed by atoms with van der Waals surface area (Å²) >= 11 is 0. The molecule has 28 nitrogen and oxygen atoms in total. The summed E-state index contributed by atoms with van der Waals surface area (Å²) in [6.07, 6.45) is -32.8.